The molecule has 48 heavy (non-hydrogen) atoms. The second-order valence-electron chi connectivity index (χ2n) is 12.4. The van der Waals surface area contributed by atoms with Gasteiger partial charge in [-0.25, -0.2) is 18.2 Å². The first-order valence-electron chi connectivity index (χ1n) is 15.5. The number of ether oxygens (including phenoxy) is 1. The van der Waals surface area contributed by atoms with Crippen molar-refractivity contribution in [2.24, 2.45) is 4.99 Å². The van der Waals surface area contributed by atoms with Crippen molar-refractivity contribution in [3.63, 3.8) is 0 Å². The summed E-state index contributed by atoms with van der Waals surface area (Å²) in [5.41, 5.74) is 6.43. The first kappa shape index (κ1) is 33.0. The number of pyridine rings is 1. The Hall–Kier alpha value is -4.90. The predicted octanol–water partition coefficient (Wildman–Crippen LogP) is 6.84. The maximum absolute atomic E-state index is 16.1. The molecule has 6 rings (SSSR count). The number of nitrogens with two attached hydrogens (primary N) is 1. The highest BCUT2D eigenvalue weighted by molar-refractivity contribution is 6.31. The van der Waals surface area contributed by atoms with E-state index in [1.807, 2.05) is 6.92 Å². The number of nitrogen functional groups attached to an aromatic ring is 1. The highest BCUT2D eigenvalue weighted by Crippen LogP contribution is 2.37. The average Bonchev–Trinajstić information content (AvgIpc) is 4.01. The Balaban J connectivity index is 1.40. The van der Waals surface area contributed by atoms with Gasteiger partial charge in [-0.05, 0) is 62.4 Å². The Morgan fingerprint density at radius 3 is 2.48 bits per heavy atom. The van der Waals surface area contributed by atoms with Gasteiger partial charge in [-0.2, -0.15) is 0 Å². The van der Waals surface area contributed by atoms with Crippen molar-refractivity contribution in [3.8, 4) is 17.0 Å². The summed E-state index contributed by atoms with van der Waals surface area (Å²) in [6.07, 6.45) is 5.07. The van der Waals surface area contributed by atoms with Crippen LogP contribution in [-0.4, -0.2) is 48.2 Å². The molecule has 1 aromatic heterocycles. The van der Waals surface area contributed by atoms with Gasteiger partial charge in [-0.1, -0.05) is 41.9 Å². The first-order chi connectivity index (χ1) is 23.0. The summed E-state index contributed by atoms with van der Waals surface area (Å²) in [6, 6.07) is 15.1. The van der Waals surface area contributed by atoms with Gasteiger partial charge in [0.2, 0.25) is 0 Å². The molecular weight excluding hydrogens is 643 g/mol. The van der Waals surface area contributed by atoms with Crippen molar-refractivity contribution >= 4 is 35.3 Å². The largest absolute Gasteiger partial charge is 0.495 e. The summed E-state index contributed by atoms with van der Waals surface area (Å²) in [6.45, 7) is 1.79. The number of hydrogen-bond acceptors (Lipinski definition) is 6. The van der Waals surface area contributed by atoms with Crippen LogP contribution < -0.4 is 21.1 Å². The Morgan fingerprint density at radius 2 is 1.81 bits per heavy atom. The van der Waals surface area contributed by atoms with Gasteiger partial charge in [0.05, 0.1) is 35.1 Å². The SMILES string of the molecule is COc1cc(C(=O)NC[C@@H](c2ccccc2)c2cc(C(=O)NC3(C)CC3)c(F)c(-c3cc(Cl)c(F)cc3F)n2)cc(C=NC2CC2)c1N. The third-order valence-electron chi connectivity index (χ3n) is 8.56. The number of nitrogens with zero attached hydrogens (tertiary/aromatic N) is 2. The number of halogens is 4. The van der Waals surface area contributed by atoms with Gasteiger partial charge in [0.25, 0.3) is 11.8 Å². The van der Waals surface area contributed by atoms with E-state index in [1.54, 1.807) is 42.6 Å². The number of hydrogen-bond donors (Lipinski definition) is 3. The summed E-state index contributed by atoms with van der Waals surface area (Å²) >= 11 is 5.96. The van der Waals surface area contributed by atoms with E-state index >= 15 is 8.78 Å². The van der Waals surface area contributed by atoms with E-state index in [1.165, 1.54) is 19.2 Å². The van der Waals surface area contributed by atoms with E-state index < -0.39 is 57.0 Å². The fraction of sp³-hybridized carbons (Fsp3) is 0.278. The van der Waals surface area contributed by atoms with Crippen molar-refractivity contribution in [1.82, 2.24) is 15.6 Å². The van der Waals surface area contributed by atoms with Crippen LogP contribution in [0.4, 0.5) is 18.9 Å². The molecule has 12 heteroatoms. The molecule has 0 unspecified atom stereocenters. The van der Waals surface area contributed by atoms with E-state index in [0.29, 0.717) is 28.6 Å². The molecular formula is C36H33ClF3N5O3. The maximum atomic E-state index is 16.1. The van der Waals surface area contributed by atoms with Crippen LogP contribution in [0.3, 0.4) is 0 Å². The van der Waals surface area contributed by atoms with Crippen molar-refractivity contribution in [2.45, 2.75) is 50.1 Å². The minimum atomic E-state index is -1.11. The molecule has 248 valence electrons. The number of nitrogens with one attached hydrogen (secondary N) is 2. The molecule has 8 nitrogen and oxygen atoms in total. The van der Waals surface area contributed by atoms with Crippen molar-refractivity contribution in [1.29, 1.82) is 0 Å². The molecule has 0 aliphatic heterocycles. The number of carbonyl (C=O) groups is 2. The van der Waals surface area contributed by atoms with Gasteiger partial charge in [0, 0.05) is 47.0 Å². The molecule has 2 amide bonds. The molecule has 0 spiro atoms. The quantitative estimate of drug-likeness (QED) is 0.0915. The van der Waals surface area contributed by atoms with Gasteiger partial charge in [0.15, 0.2) is 5.82 Å². The standard InChI is InChI=1S/C36H33ClF3N5O3/c1-36(10-11-36)45-35(47)24-15-29(44-33(31(24)40)23-14-26(37)28(39)16-27(23)38)25(19-6-4-3-5-7-19)18-43-34(46)20-12-21(17-42-22-8-9-22)32(41)30(13-20)48-2/h3-7,12-17,22,25H,8-11,18,41H2,1-2H3,(H,43,46)(H,45,47)/t25-/m0/s1. The van der Waals surface area contributed by atoms with E-state index in [-0.39, 0.29) is 29.4 Å². The van der Waals surface area contributed by atoms with Crippen LogP contribution >= 0.6 is 11.6 Å². The van der Waals surface area contributed by atoms with Gasteiger partial charge >= 0.3 is 0 Å². The number of aliphatic imine (C=N–C) groups is 1. The van der Waals surface area contributed by atoms with Crippen molar-refractivity contribution < 1.29 is 27.5 Å². The fourth-order valence-electron chi connectivity index (χ4n) is 5.27. The topological polar surface area (TPSA) is 119 Å². The smallest absolute Gasteiger partial charge is 0.254 e. The predicted molar refractivity (Wildman–Crippen MR) is 178 cm³/mol. The molecule has 1 atom stereocenters. The van der Waals surface area contributed by atoms with Crippen LogP contribution in [0.2, 0.25) is 5.02 Å². The van der Waals surface area contributed by atoms with E-state index in [0.717, 1.165) is 31.7 Å². The second-order valence-corrected chi connectivity index (χ2v) is 12.8. The molecule has 0 saturated heterocycles. The number of carbonyl (C=O) groups excluding carboxylic acids is 2. The number of benzene rings is 3. The second kappa shape index (κ2) is 13.3. The zero-order valence-electron chi connectivity index (χ0n) is 26.2. The van der Waals surface area contributed by atoms with E-state index in [4.69, 9.17) is 22.1 Å². The molecule has 0 bridgehead atoms. The summed E-state index contributed by atoms with van der Waals surface area (Å²) in [7, 11) is 1.45. The van der Waals surface area contributed by atoms with Crippen LogP contribution in [-0.2, 0) is 0 Å². The minimum Gasteiger partial charge on any atom is -0.495 e. The summed E-state index contributed by atoms with van der Waals surface area (Å²) in [5, 5.41) is 5.30. The molecule has 4 N–H and O–H groups in total. The van der Waals surface area contributed by atoms with Crippen LogP contribution in [0.1, 0.15) is 76.1 Å². The van der Waals surface area contributed by atoms with Crippen LogP contribution in [0.25, 0.3) is 11.3 Å². The lowest BCUT2D eigenvalue weighted by Gasteiger charge is -2.21. The molecule has 4 aromatic rings. The van der Waals surface area contributed by atoms with Crippen LogP contribution in [0.5, 0.6) is 5.75 Å². The number of anilines is 1. The lowest BCUT2D eigenvalue weighted by atomic mass is 9.92. The lowest BCUT2D eigenvalue weighted by Crippen LogP contribution is -2.35. The zero-order valence-corrected chi connectivity index (χ0v) is 27.0. The van der Waals surface area contributed by atoms with Crippen LogP contribution in [0.15, 0.2) is 65.7 Å². The Kier molecular flexibility index (Phi) is 9.15. The van der Waals surface area contributed by atoms with E-state index in [9.17, 15) is 14.0 Å². The van der Waals surface area contributed by atoms with Crippen molar-refractivity contribution in [3.05, 3.63) is 111 Å². The van der Waals surface area contributed by atoms with Crippen molar-refractivity contribution in [2.75, 3.05) is 19.4 Å². The molecule has 1 heterocycles. The number of methoxy groups -OCH3 is 1. The molecule has 3 aromatic carbocycles. The monoisotopic (exact) mass is 675 g/mol. The van der Waals surface area contributed by atoms with Gasteiger partial charge in [-0.3, -0.25) is 14.6 Å². The summed E-state index contributed by atoms with van der Waals surface area (Å²) < 4.78 is 50.8. The lowest BCUT2D eigenvalue weighted by molar-refractivity contribution is 0.0927. The first-order valence-corrected chi connectivity index (χ1v) is 15.9. The zero-order chi connectivity index (χ0) is 34.2. The molecule has 0 radical (unpaired) electrons. The maximum Gasteiger partial charge on any atom is 0.254 e. The van der Waals surface area contributed by atoms with Crippen LogP contribution in [0, 0.1) is 17.5 Å². The molecule has 2 aliphatic carbocycles. The fourth-order valence-corrected chi connectivity index (χ4v) is 5.43. The average molecular weight is 676 g/mol. The normalized spacial score (nSPS) is 15.6. The number of rotatable bonds is 11. The van der Waals surface area contributed by atoms with Gasteiger partial charge < -0.3 is 21.1 Å². The third kappa shape index (κ3) is 7.16. The van der Waals surface area contributed by atoms with E-state index in [2.05, 4.69) is 20.6 Å². The number of aromatic nitrogens is 1. The van der Waals surface area contributed by atoms with Gasteiger partial charge in [-0.15, -0.1) is 0 Å². The van der Waals surface area contributed by atoms with Gasteiger partial charge in [0.1, 0.15) is 23.1 Å². The Bertz CT molecular complexity index is 1930. The highest BCUT2D eigenvalue weighted by atomic mass is 35.5. The summed E-state index contributed by atoms with van der Waals surface area (Å²) in [5.74, 6) is -4.83. The molecule has 2 saturated carbocycles. The Morgan fingerprint density at radius 1 is 1.08 bits per heavy atom. The summed E-state index contributed by atoms with van der Waals surface area (Å²) in [4.78, 5) is 36.0. The third-order valence-corrected chi connectivity index (χ3v) is 8.85. The highest BCUT2D eigenvalue weighted by Gasteiger charge is 2.40. The minimum absolute atomic E-state index is 0.0511. The molecule has 2 aliphatic rings. The molecule has 2 fully saturated rings. The number of amides is 2. The Labute approximate surface area is 280 Å².